The van der Waals surface area contributed by atoms with Gasteiger partial charge in [0.1, 0.15) is 5.75 Å². The molecule has 0 amide bonds. The van der Waals surface area contributed by atoms with Crippen LogP contribution < -0.4 is 5.32 Å². The minimum absolute atomic E-state index is 0.0174. The molecule has 2 atom stereocenters. The Morgan fingerprint density at radius 2 is 2.06 bits per heavy atom. The molecule has 1 aliphatic heterocycles. The topological polar surface area (TPSA) is 78.8 Å². The largest absolute Gasteiger partial charge is 0.508 e. The number of aliphatic carboxylic acids is 1. The van der Waals surface area contributed by atoms with Crippen LogP contribution in [0.3, 0.4) is 0 Å². The van der Waals surface area contributed by atoms with Crippen LogP contribution in [0.5, 0.6) is 5.75 Å². The summed E-state index contributed by atoms with van der Waals surface area (Å²) in [6.07, 6.45) is -0.770. The van der Waals surface area contributed by atoms with Crippen molar-refractivity contribution in [3.63, 3.8) is 0 Å². The van der Waals surface area contributed by atoms with Gasteiger partial charge in [0.15, 0.2) is 6.10 Å². The van der Waals surface area contributed by atoms with E-state index in [1.54, 1.807) is 24.3 Å². The minimum atomic E-state index is -0.948. The maximum absolute atomic E-state index is 10.6. The fourth-order valence-electron chi connectivity index (χ4n) is 1.66. The Balaban J connectivity index is 1.99. The van der Waals surface area contributed by atoms with Gasteiger partial charge in [0, 0.05) is 6.54 Å². The fraction of sp³-hybridized carbons (Fsp3) is 0.364. The van der Waals surface area contributed by atoms with Gasteiger partial charge >= 0.3 is 5.97 Å². The number of nitrogens with one attached hydrogen (secondary N) is 1. The number of carboxylic acid groups (broad SMARTS) is 1. The zero-order valence-corrected chi connectivity index (χ0v) is 8.59. The summed E-state index contributed by atoms with van der Waals surface area (Å²) < 4.78 is 5.21. The summed E-state index contributed by atoms with van der Waals surface area (Å²) in [5.41, 5.74) is 0.974. The smallest absolute Gasteiger partial charge is 0.334 e. The Hall–Kier alpha value is -1.59. The van der Waals surface area contributed by atoms with Crippen molar-refractivity contribution in [2.75, 3.05) is 13.2 Å². The number of phenolic OH excluding ortho intramolecular Hbond substituents is 1. The van der Waals surface area contributed by atoms with Crippen LogP contribution in [-0.4, -0.2) is 35.4 Å². The molecule has 0 bridgehead atoms. The molecule has 1 fully saturated rings. The van der Waals surface area contributed by atoms with E-state index in [-0.39, 0.29) is 11.8 Å². The molecule has 0 radical (unpaired) electrons. The number of morpholine rings is 1. The predicted molar refractivity (Wildman–Crippen MR) is 56.2 cm³/mol. The SMILES string of the molecule is O=C(O)C1CNC(c2ccc(O)cc2)CO1. The zero-order chi connectivity index (χ0) is 11.5. The summed E-state index contributed by atoms with van der Waals surface area (Å²) in [5.74, 6) is -0.736. The van der Waals surface area contributed by atoms with Gasteiger partial charge in [0.25, 0.3) is 0 Å². The van der Waals surface area contributed by atoms with E-state index in [0.29, 0.717) is 13.2 Å². The summed E-state index contributed by atoms with van der Waals surface area (Å²) >= 11 is 0. The highest BCUT2D eigenvalue weighted by Gasteiger charge is 2.26. The van der Waals surface area contributed by atoms with Crippen molar-refractivity contribution in [2.24, 2.45) is 0 Å². The third kappa shape index (κ3) is 2.32. The Kier molecular flexibility index (Phi) is 3.07. The maximum atomic E-state index is 10.6. The summed E-state index contributed by atoms with van der Waals surface area (Å²) in [5, 5.41) is 21.0. The van der Waals surface area contributed by atoms with Crippen LogP contribution in [0, 0.1) is 0 Å². The molecule has 0 aromatic heterocycles. The second kappa shape index (κ2) is 4.51. The van der Waals surface area contributed by atoms with Gasteiger partial charge in [-0.05, 0) is 17.7 Å². The molecule has 1 aromatic carbocycles. The van der Waals surface area contributed by atoms with Crippen LogP contribution in [0.2, 0.25) is 0 Å². The predicted octanol–water partition coefficient (Wildman–Crippen LogP) is 0.506. The number of rotatable bonds is 2. The lowest BCUT2D eigenvalue weighted by atomic mass is 10.1. The molecule has 1 aliphatic rings. The Morgan fingerprint density at radius 3 is 2.56 bits per heavy atom. The number of benzene rings is 1. The molecule has 16 heavy (non-hydrogen) atoms. The second-order valence-corrected chi connectivity index (χ2v) is 3.71. The van der Waals surface area contributed by atoms with Gasteiger partial charge in [-0.25, -0.2) is 4.79 Å². The van der Waals surface area contributed by atoms with E-state index in [0.717, 1.165) is 5.56 Å². The monoisotopic (exact) mass is 223 g/mol. The first-order chi connectivity index (χ1) is 7.66. The lowest BCUT2D eigenvalue weighted by molar-refractivity contribution is -0.153. The lowest BCUT2D eigenvalue weighted by Gasteiger charge is -2.28. The Morgan fingerprint density at radius 1 is 1.38 bits per heavy atom. The molecule has 2 rings (SSSR count). The standard InChI is InChI=1S/C11H13NO4/c13-8-3-1-7(2-4-8)9-6-16-10(5-12-9)11(14)15/h1-4,9-10,12-13H,5-6H2,(H,14,15). The number of carbonyl (C=O) groups is 1. The minimum Gasteiger partial charge on any atom is -0.508 e. The van der Waals surface area contributed by atoms with Crippen molar-refractivity contribution >= 4 is 5.97 Å². The summed E-state index contributed by atoms with van der Waals surface area (Å²) in [4.78, 5) is 10.6. The average Bonchev–Trinajstić information content (AvgIpc) is 2.30. The molecular formula is C11H13NO4. The fourth-order valence-corrected chi connectivity index (χ4v) is 1.66. The highest BCUT2D eigenvalue weighted by Crippen LogP contribution is 2.20. The molecular weight excluding hydrogens is 210 g/mol. The van der Waals surface area contributed by atoms with Gasteiger partial charge < -0.3 is 20.3 Å². The van der Waals surface area contributed by atoms with Gasteiger partial charge in [0.2, 0.25) is 0 Å². The van der Waals surface area contributed by atoms with E-state index >= 15 is 0 Å². The number of aromatic hydroxyl groups is 1. The zero-order valence-electron chi connectivity index (χ0n) is 8.59. The number of carboxylic acids is 1. The van der Waals surface area contributed by atoms with Crippen LogP contribution in [-0.2, 0) is 9.53 Å². The van der Waals surface area contributed by atoms with Crippen LogP contribution >= 0.6 is 0 Å². The van der Waals surface area contributed by atoms with Crippen LogP contribution in [0.4, 0.5) is 0 Å². The quantitative estimate of drug-likeness (QED) is 0.680. The van der Waals surface area contributed by atoms with Crippen molar-refractivity contribution in [2.45, 2.75) is 12.1 Å². The third-order valence-electron chi connectivity index (χ3n) is 2.58. The first-order valence-corrected chi connectivity index (χ1v) is 5.03. The van der Waals surface area contributed by atoms with Crippen LogP contribution in [0.15, 0.2) is 24.3 Å². The molecule has 0 aliphatic carbocycles. The van der Waals surface area contributed by atoms with E-state index in [9.17, 15) is 4.79 Å². The number of hydrogen-bond donors (Lipinski definition) is 3. The van der Waals surface area contributed by atoms with Gasteiger partial charge in [-0.3, -0.25) is 0 Å². The van der Waals surface area contributed by atoms with Crippen molar-refractivity contribution in [1.82, 2.24) is 5.32 Å². The third-order valence-corrected chi connectivity index (χ3v) is 2.58. The van der Waals surface area contributed by atoms with Crippen molar-refractivity contribution in [3.05, 3.63) is 29.8 Å². The van der Waals surface area contributed by atoms with Crippen molar-refractivity contribution < 1.29 is 19.7 Å². The van der Waals surface area contributed by atoms with E-state index in [1.807, 2.05) is 0 Å². The molecule has 5 nitrogen and oxygen atoms in total. The number of phenols is 1. The second-order valence-electron chi connectivity index (χ2n) is 3.71. The molecule has 2 unspecified atom stereocenters. The summed E-state index contributed by atoms with van der Waals surface area (Å²) in [6.45, 7) is 0.614. The highest BCUT2D eigenvalue weighted by molar-refractivity contribution is 5.72. The molecule has 3 N–H and O–H groups in total. The normalized spacial score (nSPS) is 25.2. The van der Waals surface area contributed by atoms with Gasteiger partial charge in [0.05, 0.1) is 12.6 Å². The lowest BCUT2D eigenvalue weighted by Crippen LogP contribution is -2.44. The Labute approximate surface area is 92.7 Å². The average molecular weight is 223 g/mol. The van der Waals surface area contributed by atoms with E-state index < -0.39 is 12.1 Å². The maximum Gasteiger partial charge on any atom is 0.334 e. The van der Waals surface area contributed by atoms with Gasteiger partial charge in [-0.1, -0.05) is 12.1 Å². The molecule has 86 valence electrons. The first kappa shape index (κ1) is 10.9. The van der Waals surface area contributed by atoms with Gasteiger partial charge in [-0.2, -0.15) is 0 Å². The van der Waals surface area contributed by atoms with Crippen molar-refractivity contribution in [1.29, 1.82) is 0 Å². The molecule has 5 heteroatoms. The van der Waals surface area contributed by atoms with Crippen LogP contribution in [0.1, 0.15) is 11.6 Å². The summed E-state index contributed by atoms with van der Waals surface area (Å²) in [7, 11) is 0. The highest BCUT2D eigenvalue weighted by atomic mass is 16.5. The molecule has 1 heterocycles. The number of ether oxygens (including phenoxy) is 1. The molecule has 0 spiro atoms. The summed E-state index contributed by atoms with van der Waals surface area (Å²) in [6, 6.07) is 6.76. The van der Waals surface area contributed by atoms with Crippen LogP contribution in [0.25, 0.3) is 0 Å². The van der Waals surface area contributed by atoms with Gasteiger partial charge in [-0.15, -0.1) is 0 Å². The molecule has 1 aromatic rings. The van der Waals surface area contributed by atoms with E-state index in [4.69, 9.17) is 14.9 Å². The molecule has 1 saturated heterocycles. The Bertz CT molecular complexity index is 368. The van der Waals surface area contributed by atoms with E-state index in [2.05, 4.69) is 5.32 Å². The molecule has 0 saturated carbocycles. The number of hydrogen-bond acceptors (Lipinski definition) is 4. The van der Waals surface area contributed by atoms with E-state index in [1.165, 1.54) is 0 Å². The van der Waals surface area contributed by atoms with Crippen molar-refractivity contribution in [3.8, 4) is 5.75 Å². The first-order valence-electron chi connectivity index (χ1n) is 5.03.